The molecule has 0 radical (unpaired) electrons. The van der Waals surface area contributed by atoms with Crippen molar-refractivity contribution in [2.75, 3.05) is 14.2 Å². The highest BCUT2D eigenvalue weighted by Crippen LogP contribution is 2.33. The predicted octanol–water partition coefficient (Wildman–Crippen LogP) is 4.14. The summed E-state index contributed by atoms with van der Waals surface area (Å²) in [6.07, 6.45) is 0. The summed E-state index contributed by atoms with van der Waals surface area (Å²) in [6.45, 7) is 0. The number of rotatable bonds is 4. The molecule has 0 spiro atoms. The Labute approximate surface area is 138 Å². The lowest BCUT2D eigenvalue weighted by Crippen LogP contribution is -2.03. The van der Waals surface area contributed by atoms with Crippen molar-refractivity contribution in [3.63, 3.8) is 0 Å². The highest BCUT2D eigenvalue weighted by atomic mass is 35.5. The van der Waals surface area contributed by atoms with Crippen LogP contribution < -0.4 is 9.47 Å². The largest absolute Gasteiger partial charge is 0.493 e. The molecule has 0 saturated heterocycles. The van der Waals surface area contributed by atoms with Crippen LogP contribution in [0.2, 0.25) is 5.15 Å². The normalized spacial score (nSPS) is 10.6. The maximum atomic E-state index is 12.6. The topological polar surface area (TPSA) is 48.4 Å². The maximum Gasteiger partial charge on any atom is 0.196 e. The van der Waals surface area contributed by atoms with E-state index in [4.69, 9.17) is 21.1 Å². The van der Waals surface area contributed by atoms with Crippen LogP contribution in [0, 0.1) is 0 Å². The molecule has 0 N–H and O–H groups in total. The van der Waals surface area contributed by atoms with Crippen LogP contribution >= 0.6 is 11.6 Å². The van der Waals surface area contributed by atoms with Crippen LogP contribution in [0.1, 0.15) is 15.9 Å². The van der Waals surface area contributed by atoms with Gasteiger partial charge < -0.3 is 9.47 Å². The molecule has 0 bridgehead atoms. The number of carbonyl (C=O) groups excluding carboxylic acids is 1. The van der Waals surface area contributed by atoms with E-state index < -0.39 is 0 Å². The van der Waals surface area contributed by atoms with Crippen molar-refractivity contribution >= 4 is 28.3 Å². The summed E-state index contributed by atoms with van der Waals surface area (Å²) in [5.41, 5.74) is 1.56. The van der Waals surface area contributed by atoms with E-state index in [9.17, 15) is 4.79 Å². The van der Waals surface area contributed by atoms with Crippen LogP contribution in [-0.4, -0.2) is 25.0 Å². The number of fused-ring (bicyclic) bond motifs is 1. The van der Waals surface area contributed by atoms with Crippen molar-refractivity contribution in [1.82, 2.24) is 4.98 Å². The summed E-state index contributed by atoms with van der Waals surface area (Å²) in [4.78, 5) is 16.9. The van der Waals surface area contributed by atoms with Crippen LogP contribution in [0.25, 0.3) is 10.9 Å². The van der Waals surface area contributed by atoms with Gasteiger partial charge in [-0.05, 0) is 12.1 Å². The third kappa shape index (κ3) is 2.85. The summed E-state index contributed by atoms with van der Waals surface area (Å²) in [5.74, 6) is 0.965. The van der Waals surface area contributed by atoms with Gasteiger partial charge >= 0.3 is 0 Å². The summed E-state index contributed by atoms with van der Waals surface area (Å²) < 4.78 is 10.5. The molecule has 2 aromatic carbocycles. The molecule has 4 nitrogen and oxygen atoms in total. The smallest absolute Gasteiger partial charge is 0.196 e. The van der Waals surface area contributed by atoms with Gasteiger partial charge in [0.25, 0.3) is 0 Å². The van der Waals surface area contributed by atoms with Gasteiger partial charge in [0, 0.05) is 17.0 Å². The Balaban J connectivity index is 2.15. The highest BCUT2D eigenvalue weighted by molar-refractivity contribution is 6.34. The lowest BCUT2D eigenvalue weighted by atomic mass is 10.0. The number of nitrogens with zero attached hydrogens (tertiary/aromatic N) is 1. The number of methoxy groups -OCH3 is 2. The number of ether oxygens (including phenoxy) is 2. The fourth-order valence-electron chi connectivity index (χ4n) is 2.38. The molecule has 116 valence electrons. The standard InChI is InChI=1S/C18H14ClNO3/c1-22-15-9-12-8-13(17(21)11-6-4-3-5-7-11)18(19)20-14(12)10-16(15)23-2/h3-10H,1-2H3. The average molecular weight is 328 g/mol. The first-order valence-electron chi connectivity index (χ1n) is 6.96. The van der Waals surface area contributed by atoms with E-state index >= 15 is 0 Å². The van der Waals surface area contributed by atoms with E-state index in [0.717, 1.165) is 5.39 Å². The number of carbonyl (C=O) groups is 1. The Morgan fingerprint density at radius 1 is 1.00 bits per heavy atom. The van der Waals surface area contributed by atoms with Crippen LogP contribution in [-0.2, 0) is 0 Å². The molecule has 0 atom stereocenters. The van der Waals surface area contributed by atoms with Crippen LogP contribution in [0.15, 0.2) is 48.5 Å². The Kier molecular flexibility index (Phi) is 4.17. The van der Waals surface area contributed by atoms with Gasteiger partial charge in [-0.25, -0.2) is 4.98 Å². The van der Waals surface area contributed by atoms with Crippen molar-refractivity contribution in [2.45, 2.75) is 0 Å². The van der Waals surface area contributed by atoms with Crippen molar-refractivity contribution in [1.29, 1.82) is 0 Å². The summed E-state index contributed by atoms with van der Waals surface area (Å²) in [5, 5.41) is 0.921. The lowest BCUT2D eigenvalue weighted by molar-refractivity contribution is 0.103. The minimum absolute atomic E-state index is 0.165. The molecule has 23 heavy (non-hydrogen) atoms. The van der Waals surface area contributed by atoms with Crippen LogP contribution in [0.4, 0.5) is 0 Å². The van der Waals surface area contributed by atoms with E-state index in [1.54, 1.807) is 44.6 Å². The first-order valence-corrected chi connectivity index (χ1v) is 7.34. The van der Waals surface area contributed by atoms with E-state index in [2.05, 4.69) is 4.98 Å². The van der Waals surface area contributed by atoms with Crippen molar-refractivity contribution < 1.29 is 14.3 Å². The molecule has 0 aliphatic heterocycles. The van der Waals surface area contributed by atoms with Gasteiger partial charge in [-0.15, -0.1) is 0 Å². The predicted molar refractivity (Wildman–Crippen MR) is 89.7 cm³/mol. The van der Waals surface area contributed by atoms with Crippen molar-refractivity contribution in [3.8, 4) is 11.5 Å². The maximum absolute atomic E-state index is 12.6. The van der Waals surface area contributed by atoms with E-state index in [-0.39, 0.29) is 10.9 Å². The molecule has 1 heterocycles. The quantitative estimate of drug-likeness (QED) is 0.534. The molecule has 1 aromatic heterocycles. The van der Waals surface area contributed by atoms with Crippen molar-refractivity contribution in [3.05, 3.63) is 64.8 Å². The van der Waals surface area contributed by atoms with Gasteiger partial charge in [-0.1, -0.05) is 41.9 Å². The molecule has 0 saturated carbocycles. The number of benzene rings is 2. The molecule has 0 aliphatic rings. The fraction of sp³-hybridized carbons (Fsp3) is 0.111. The lowest BCUT2D eigenvalue weighted by Gasteiger charge is -2.10. The Morgan fingerprint density at radius 2 is 1.65 bits per heavy atom. The summed E-state index contributed by atoms with van der Waals surface area (Å²) in [7, 11) is 3.11. The van der Waals surface area contributed by atoms with Gasteiger partial charge in [-0.2, -0.15) is 0 Å². The Hall–Kier alpha value is -2.59. The van der Waals surface area contributed by atoms with Gasteiger partial charge in [-0.3, -0.25) is 4.79 Å². The first kappa shape index (κ1) is 15.3. The zero-order valence-electron chi connectivity index (χ0n) is 12.7. The third-order valence-electron chi connectivity index (χ3n) is 3.55. The first-order chi connectivity index (χ1) is 11.1. The number of pyridine rings is 1. The van der Waals surface area contributed by atoms with Crippen LogP contribution in [0.3, 0.4) is 0 Å². The zero-order valence-corrected chi connectivity index (χ0v) is 13.4. The molecule has 0 fully saturated rings. The second-order valence-electron chi connectivity index (χ2n) is 4.92. The average Bonchev–Trinajstić information content (AvgIpc) is 2.60. The number of aromatic nitrogens is 1. The minimum Gasteiger partial charge on any atom is -0.493 e. The number of hydrogen-bond acceptors (Lipinski definition) is 4. The molecular weight excluding hydrogens is 314 g/mol. The molecule has 5 heteroatoms. The van der Waals surface area contributed by atoms with Gasteiger partial charge in [0.05, 0.1) is 25.3 Å². The third-order valence-corrected chi connectivity index (χ3v) is 3.84. The minimum atomic E-state index is -0.167. The number of halogens is 1. The summed E-state index contributed by atoms with van der Waals surface area (Å²) in [6, 6.07) is 14.2. The number of hydrogen-bond donors (Lipinski definition) is 0. The Morgan fingerprint density at radius 3 is 2.30 bits per heavy atom. The molecule has 3 rings (SSSR count). The molecular formula is C18H14ClNO3. The number of ketones is 1. The molecule has 0 aliphatic carbocycles. The highest BCUT2D eigenvalue weighted by Gasteiger charge is 2.16. The second kappa shape index (κ2) is 6.26. The van der Waals surface area contributed by atoms with E-state index in [1.807, 2.05) is 18.2 Å². The molecule has 0 amide bonds. The molecule has 3 aromatic rings. The monoisotopic (exact) mass is 327 g/mol. The molecule has 0 unspecified atom stereocenters. The second-order valence-corrected chi connectivity index (χ2v) is 5.28. The SMILES string of the molecule is COc1cc2cc(C(=O)c3ccccc3)c(Cl)nc2cc1OC. The van der Waals surface area contributed by atoms with E-state index in [1.165, 1.54) is 0 Å². The van der Waals surface area contributed by atoms with Gasteiger partial charge in [0.15, 0.2) is 17.3 Å². The van der Waals surface area contributed by atoms with Crippen LogP contribution in [0.5, 0.6) is 11.5 Å². The fourth-order valence-corrected chi connectivity index (χ4v) is 2.61. The van der Waals surface area contributed by atoms with Crippen molar-refractivity contribution in [2.24, 2.45) is 0 Å². The zero-order chi connectivity index (χ0) is 16.4. The van der Waals surface area contributed by atoms with Gasteiger partial charge in [0.1, 0.15) is 5.15 Å². The van der Waals surface area contributed by atoms with Gasteiger partial charge in [0.2, 0.25) is 0 Å². The summed E-state index contributed by atoms with van der Waals surface area (Å²) >= 11 is 6.21. The Bertz CT molecular complexity index is 878. The van der Waals surface area contributed by atoms with E-state index in [0.29, 0.717) is 28.1 Å².